The number of carbonyl (C=O) groups is 2. The second kappa shape index (κ2) is 6.90. The first-order valence-corrected chi connectivity index (χ1v) is 7.83. The summed E-state index contributed by atoms with van der Waals surface area (Å²) in [5.74, 6) is -1.01. The summed E-state index contributed by atoms with van der Waals surface area (Å²) in [7, 11) is 0. The minimum Gasteiger partial charge on any atom is -0.462 e. The molecule has 0 aromatic carbocycles. The summed E-state index contributed by atoms with van der Waals surface area (Å²) in [4.78, 5) is 23.6. The zero-order chi connectivity index (χ0) is 15.4. The highest BCUT2D eigenvalue weighted by Gasteiger charge is 2.34. The summed E-state index contributed by atoms with van der Waals surface area (Å²) in [5.41, 5.74) is 1.56. The standard InChI is InChI=1S/C12H16N4O3S2/c1-6(3-8-4-7(2)19-10(8)18)9(17)14-11(20)15-12-16-13-5-21-12/h5-8H,3-4H2,1-2H3,(H2,14,15,16,17,20). The van der Waals surface area contributed by atoms with Crippen LogP contribution >= 0.6 is 23.6 Å². The van der Waals surface area contributed by atoms with Crippen LogP contribution in [-0.2, 0) is 14.3 Å². The molecule has 9 heteroatoms. The molecular formula is C12H16N4O3S2. The lowest BCUT2D eigenvalue weighted by atomic mass is 9.93. The van der Waals surface area contributed by atoms with Gasteiger partial charge in [-0.15, -0.1) is 10.2 Å². The molecule has 1 fully saturated rings. The number of amides is 1. The van der Waals surface area contributed by atoms with Gasteiger partial charge < -0.3 is 15.4 Å². The Balaban J connectivity index is 1.79. The molecule has 1 saturated heterocycles. The Labute approximate surface area is 131 Å². The van der Waals surface area contributed by atoms with Crippen LogP contribution in [-0.4, -0.2) is 33.3 Å². The number of cyclic esters (lactones) is 1. The molecule has 1 aromatic heterocycles. The molecule has 2 N–H and O–H groups in total. The smallest absolute Gasteiger partial charge is 0.309 e. The summed E-state index contributed by atoms with van der Waals surface area (Å²) in [6.45, 7) is 3.61. The number of carbonyl (C=O) groups excluding carboxylic acids is 2. The Morgan fingerprint density at radius 3 is 3.00 bits per heavy atom. The molecule has 1 aliphatic heterocycles. The van der Waals surface area contributed by atoms with Crippen LogP contribution in [0.15, 0.2) is 5.51 Å². The average Bonchev–Trinajstić information content (AvgIpc) is 2.99. The number of hydrogen-bond acceptors (Lipinski definition) is 7. The Bertz CT molecular complexity index is 535. The lowest BCUT2D eigenvalue weighted by Crippen LogP contribution is -2.38. The molecule has 2 heterocycles. The van der Waals surface area contributed by atoms with Crippen molar-refractivity contribution in [1.82, 2.24) is 15.5 Å². The largest absolute Gasteiger partial charge is 0.462 e. The molecule has 0 saturated carbocycles. The quantitative estimate of drug-likeness (QED) is 0.636. The first-order valence-electron chi connectivity index (χ1n) is 6.54. The van der Waals surface area contributed by atoms with Gasteiger partial charge in [0.25, 0.3) is 0 Å². The van der Waals surface area contributed by atoms with Crippen molar-refractivity contribution in [3.8, 4) is 0 Å². The predicted molar refractivity (Wildman–Crippen MR) is 81.7 cm³/mol. The second-order valence-electron chi connectivity index (χ2n) is 5.00. The van der Waals surface area contributed by atoms with E-state index in [1.807, 2.05) is 6.92 Å². The van der Waals surface area contributed by atoms with Gasteiger partial charge in [-0.25, -0.2) is 0 Å². The number of nitrogens with one attached hydrogen (secondary N) is 2. The molecule has 1 aromatic rings. The monoisotopic (exact) mass is 328 g/mol. The first-order chi connectivity index (χ1) is 9.95. The minimum absolute atomic E-state index is 0.0714. The number of ether oxygens (including phenoxy) is 1. The highest BCUT2D eigenvalue weighted by Crippen LogP contribution is 2.26. The van der Waals surface area contributed by atoms with Crippen LogP contribution in [0.5, 0.6) is 0 Å². The van der Waals surface area contributed by atoms with E-state index in [0.717, 1.165) is 0 Å². The zero-order valence-electron chi connectivity index (χ0n) is 11.7. The van der Waals surface area contributed by atoms with Gasteiger partial charge in [-0.1, -0.05) is 18.3 Å². The lowest BCUT2D eigenvalue weighted by Gasteiger charge is -2.14. The fraction of sp³-hybridized carbons (Fsp3) is 0.583. The maximum absolute atomic E-state index is 12.0. The van der Waals surface area contributed by atoms with Crippen LogP contribution in [0.25, 0.3) is 0 Å². The molecule has 3 atom stereocenters. The maximum atomic E-state index is 12.0. The summed E-state index contributed by atoms with van der Waals surface area (Å²) in [6.07, 6.45) is 1.04. The van der Waals surface area contributed by atoms with Gasteiger partial charge in [0.2, 0.25) is 11.0 Å². The summed E-state index contributed by atoms with van der Waals surface area (Å²) in [6, 6.07) is 0. The van der Waals surface area contributed by atoms with Gasteiger partial charge in [-0.2, -0.15) is 0 Å². The van der Waals surface area contributed by atoms with E-state index in [2.05, 4.69) is 20.8 Å². The van der Waals surface area contributed by atoms with Gasteiger partial charge in [0.1, 0.15) is 5.51 Å². The van der Waals surface area contributed by atoms with Crippen LogP contribution in [0.1, 0.15) is 26.7 Å². The van der Waals surface area contributed by atoms with E-state index < -0.39 is 0 Å². The van der Waals surface area contributed by atoms with E-state index in [4.69, 9.17) is 17.0 Å². The normalized spacial score (nSPS) is 22.5. The van der Waals surface area contributed by atoms with Crippen molar-refractivity contribution in [2.45, 2.75) is 32.8 Å². The van der Waals surface area contributed by atoms with Crippen LogP contribution in [0.3, 0.4) is 0 Å². The Hall–Kier alpha value is -1.61. The first kappa shape index (κ1) is 15.8. The lowest BCUT2D eigenvalue weighted by molar-refractivity contribution is -0.144. The molecular weight excluding hydrogens is 312 g/mol. The number of hydrogen-bond donors (Lipinski definition) is 2. The van der Waals surface area contributed by atoms with Crippen molar-refractivity contribution in [2.75, 3.05) is 5.32 Å². The number of aromatic nitrogens is 2. The molecule has 0 spiro atoms. The Kier molecular flexibility index (Phi) is 5.18. The SMILES string of the molecule is CC1CC(CC(C)C(=O)NC(=S)Nc2nncs2)C(=O)O1. The van der Waals surface area contributed by atoms with Gasteiger partial charge >= 0.3 is 5.97 Å². The summed E-state index contributed by atoms with van der Waals surface area (Å²) in [5, 5.41) is 13.5. The van der Waals surface area contributed by atoms with E-state index in [1.165, 1.54) is 11.3 Å². The predicted octanol–water partition coefficient (Wildman–Crippen LogP) is 1.33. The van der Waals surface area contributed by atoms with E-state index in [9.17, 15) is 9.59 Å². The molecule has 1 amide bonds. The number of esters is 1. The number of nitrogens with zero attached hydrogens (tertiary/aromatic N) is 2. The third-order valence-corrected chi connectivity index (χ3v) is 3.98. The third kappa shape index (κ3) is 4.43. The number of thiocarbonyl (C=S) groups is 1. The fourth-order valence-electron chi connectivity index (χ4n) is 2.16. The highest BCUT2D eigenvalue weighted by atomic mass is 32.1. The topological polar surface area (TPSA) is 93.2 Å². The van der Waals surface area contributed by atoms with Crippen molar-refractivity contribution in [3.05, 3.63) is 5.51 Å². The third-order valence-electron chi connectivity index (χ3n) is 3.17. The van der Waals surface area contributed by atoms with Gasteiger partial charge in [-0.3, -0.25) is 9.59 Å². The molecule has 3 unspecified atom stereocenters. The van der Waals surface area contributed by atoms with E-state index in [0.29, 0.717) is 18.0 Å². The number of anilines is 1. The average molecular weight is 328 g/mol. The summed E-state index contributed by atoms with van der Waals surface area (Å²) >= 11 is 6.31. The van der Waals surface area contributed by atoms with E-state index in [-0.39, 0.29) is 34.9 Å². The van der Waals surface area contributed by atoms with Gasteiger partial charge in [0.05, 0.1) is 12.0 Å². The van der Waals surface area contributed by atoms with E-state index in [1.54, 1.807) is 12.4 Å². The van der Waals surface area contributed by atoms with Crippen molar-refractivity contribution >= 4 is 45.7 Å². The van der Waals surface area contributed by atoms with E-state index >= 15 is 0 Å². The van der Waals surface area contributed by atoms with Gasteiger partial charge in [-0.05, 0) is 32.0 Å². The molecule has 2 rings (SSSR count). The van der Waals surface area contributed by atoms with Crippen molar-refractivity contribution in [1.29, 1.82) is 0 Å². The van der Waals surface area contributed by atoms with Crippen LogP contribution < -0.4 is 10.6 Å². The number of rotatable bonds is 4. The Morgan fingerprint density at radius 1 is 1.67 bits per heavy atom. The highest BCUT2D eigenvalue weighted by molar-refractivity contribution is 7.80. The Morgan fingerprint density at radius 2 is 2.43 bits per heavy atom. The molecule has 0 aliphatic carbocycles. The zero-order valence-corrected chi connectivity index (χ0v) is 13.3. The molecule has 1 aliphatic rings. The molecule has 0 bridgehead atoms. The fourth-order valence-corrected chi connectivity index (χ4v) is 2.87. The molecule has 114 valence electrons. The van der Waals surface area contributed by atoms with Crippen LogP contribution in [0.2, 0.25) is 0 Å². The maximum Gasteiger partial charge on any atom is 0.309 e. The second-order valence-corrected chi connectivity index (χ2v) is 6.25. The summed E-state index contributed by atoms with van der Waals surface area (Å²) < 4.78 is 5.08. The minimum atomic E-state index is -0.331. The van der Waals surface area contributed by atoms with Crippen molar-refractivity contribution in [2.24, 2.45) is 11.8 Å². The molecule has 7 nitrogen and oxygen atoms in total. The van der Waals surface area contributed by atoms with Crippen molar-refractivity contribution in [3.63, 3.8) is 0 Å². The molecule has 21 heavy (non-hydrogen) atoms. The van der Waals surface area contributed by atoms with Gasteiger partial charge in [0, 0.05) is 5.92 Å². The molecule has 0 radical (unpaired) electrons. The van der Waals surface area contributed by atoms with Crippen LogP contribution in [0, 0.1) is 11.8 Å². The van der Waals surface area contributed by atoms with Gasteiger partial charge in [0.15, 0.2) is 5.11 Å². The van der Waals surface area contributed by atoms with Crippen molar-refractivity contribution < 1.29 is 14.3 Å². The van der Waals surface area contributed by atoms with Crippen LogP contribution in [0.4, 0.5) is 5.13 Å².